The lowest BCUT2D eigenvalue weighted by atomic mass is 10.1. The van der Waals surface area contributed by atoms with E-state index in [2.05, 4.69) is 10.2 Å². The Balaban J connectivity index is 2.25. The molecule has 1 heterocycles. The fraction of sp³-hybridized carbons (Fsp3) is 0.231. The molecule has 0 fully saturated rings. The number of hydrogen-bond donors (Lipinski definition) is 2. The van der Waals surface area contributed by atoms with E-state index in [1.165, 1.54) is 6.20 Å². The second kappa shape index (κ2) is 5.32. The highest BCUT2D eigenvalue weighted by molar-refractivity contribution is 6.31. The predicted molar refractivity (Wildman–Crippen MR) is 75.0 cm³/mol. The van der Waals surface area contributed by atoms with E-state index in [0.717, 1.165) is 5.56 Å². The first-order valence-corrected chi connectivity index (χ1v) is 6.20. The van der Waals surface area contributed by atoms with Gasteiger partial charge in [0.1, 0.15) is 11.4 Å². The molecular formula is C13H15ClN4O. The lowest BCUT2D eigenvalue weighted by molar-refractivity contribution is 0.0744. The summed E-state index contributed by atoms with van der Waals surface area (Å²) in [7, 11) is 1.71. The van der Waals surface area contributed by atoms with Gasteiger partial charge in [-0.2, -0.15) is 5.10 Å². The molecule has 6 heteroatoms. The molecule has 1 amide bonds. The summed E-state index contributed by atoms with van der Waals surface area (Å²) in [5, 5.41) is 6.93. The lowest BCUT2D eigenvalue weighted by Crippen LogP contribution is -2.30. The summed E-state index contributed by atoms with van der Waals surface area (Å²) in [6.07, 6.45) is 1.42. The van der Waals surface area contributed by atoms with Gasteiger partial charge in [-0.3, -0.25) is 9.89 Å². The molecule has 5 nitrogen and oxygen atoms in total. The molecule has 0 aliphatic heterocycles. The summed E-state index contributed by atoms with van der Waals surface area (Å²) in [4.78, 5) is 13.9. The van der Waals surface area contributed by atoms with Gasteiger partial charge in [0.15, 0.2) is 0 Å². The molecule has 2 aromatic rings. The van der Waals surface area contributed by atoms with Crippen LogP contribution in [-0.2, 0) is 0 Å². The van der Waals surface area contributed by atoms with Crippen molar-refractivity contribution in [2.45, 2.75) is 13.0 Å². The largest absolute Gasteiger partial charge is 0.383 e. The van der Waals surface area contributed by atoms with Crippen LogP contribution in [0.15, 0.2) is 30.5 Å². The third kappa shape index (κ3) is 2.56. The van der Waals surface area contributed by atoms with Crippen molar-refractivity contribution in [3.63, 3.8) is 0 Å². The SMILES string of the molecule is CC(c1ccccc1Cl)N(C)C(=O)c1cn[nH]c1N. The molecule has 0 radical (unpaired) electrons. The number of halogens is 1. The number of nitrogens with one attached hydrogen (secondary N) is 1. The summed E-state index contributed by atoms with van der Waals surface area (Å²) in [5.41, 5.74) is 6.91. The maximum atomic E-state index is 12.3. The van der Waals surface area contributed by atoms with Crippen LogP contribution < -0.4 is 5.73 Å². The average Bonchev–Trinajstić information content (AvgIpc) is 2.83. The third-order valence-corrected chi connectivity index (χ3v) is 3.50. The van der Waals surface area contributed by atoms with Gasteiger partial charge in [-0.05, 0) is 18.6 Å². The second-order valence-corrected chi connectivity index (χ2v) is 4.72. The van der Waals surface area contributed by atoms with Gasteiger partial charge in [-0.15, -0.1) is 0 Å². The Morgan fingerprint density at radius 2 is 2.16 bits per heavy atom. The topological polar surface area (TPSA) is 75.0 Å². The number of amides is 1. The summed E-state index contributed by atoms with van der Waals surface area (Å²) in [5.74, 6) is 0.0712. The molecule has 2 rings (SSSR count). The molecule has 0 aliphatic rings. The first-order chi connectivity index (χ1) is 9.02. The van der Waals surface area contributed by atoms with E-state index in [-0.39, 0.29) is 17.8 Å². The Labute approximate surface area is 116 Å². The standard InChI is InChI=1S/C13H15ClN4O/c1-8(9-5-3-4-6-11(9)14)18(2)13(19)10-7-16-17-12(10)15/h3-8H,1-2H3,(H3,15,16,17). The highest BCUT2D eigenvalue weighted by atomic mass is 35.5. The van der Waals surface area contributed by atoms with Crippen LogP contribution in [0.4, 0.5) is 5.82 Å². The molecule has 1 aromatic carbocycles. The van der Waals surface area contributed by atoms with Crippen LogP contribution in [0.3, 0.4) is 0 Å². The van der Waals surface area contributed by atoms with Gasteiger partial charge in [-0.25, -0.2) is 0 Å². The number of carbonyl (C=O) groups is 1. The normalized spacial score (nSPS) is 12.2. The van der Waals surface area contributed by atoms with Crippen molar-refractivity contribution >= 4 is 23.3 Å². The van der Waals surface area contributed by atoms with Crippen LogP contribution >= 0.6 is 11.6 Å². The maximum absolute atomic E-state index is 12.3. The zero-order chi connectivity index (χ0) is 14.0. The molecule has 1 atom stereocenters. The third-order valence-electron chi connectivity index (χ3n) is 3.16. The van der Waals surface area contributed by atoms with Crippen molar-refractivity contribution in [1.29, 1.82) is 0 Å². The number of nitrogens with two attached hydrogens (primary N) is 1. The quantitative estimate of drug-likeness (QED) is 0.906. The number of aromatic nitrogens is 2. The number of anilines is 1. The van der Waals surface area contributed by atoms with Gasteiger partial charge < -0.3 is 10.6 Å². The minimum absolute atomic E-state index is 0.157. The summed E-state index contributed by atoms with van der Waals surface area (Å²) in [6, 6.07) is 7.29. The van der Waals surface area contributed by atoms with Gasteiger partial charge >= 0.3 is 0 Å². The van der Waals surface area contributed by atoms with Crippen molar-refractivity contribution < 1.29 is 4.79 Å². The lowest BCUT2D eigenvalue weighted by Gasteiger charge is -2.25. The van der Waals surface area contributed by atoms with Crippen LogP contribution in [-0.4, -0.2) is 28.1 Å². The Morgan fingerprint density at radius 1 is 1.47 bits per heavy atom. The Kier molecular flexibility index (Phi) is 3.76. The van der Waals surface area contributed by atoms with E-state index >= 15 is 0 Å². The van der Waals surface area contributed by atoms with Crippen LogP contribution in [0, 0.1) is 0 Å². The number of carbonyl (C=O) groups excluding carboxylic acids is 1. The fourth-order valence-corrected chi connectivity index (χ4v) is 2.15. The van der Waals surface area contributed by atoms with Crippen LogP contribution in [0.2, 0.25) is 5.02 Å². The monoisotopic (exact) mass is 278 g/mol. The Hall–Kier alpha value is -2.01. The molecule has 1 aromatic heterocycles. The van der Waals surface area contributed by atoms with E-state index in [9.17, 15) is 4.79 Å². The van der Waals surface area contributed by atoms with Crippen molar-refractivity contribution in [1.82, 2.24) is 15.1 Å². The number of nitrogens with zero attached hydrogens (tertiary/aromatic N) is 2. The van der Waals surface area contributed by atoms with Crippen LogP contribution in [0.1, 0.15) is 28.9 Å². The van der Waals surface area contributed by atoms with Crippen molar-refractivity contribution in [2.24, 2.45) is 0 Å². The number of hydrogen-bond acceptors (Lipinski definition) is 3. The number of rotatable bonds is 3. The summed E-state index contributed by atoms with van der Waals surface area (Å²) < 4.78 is 0. The minimum atomic E-state index is -0.196. The molecule has 0 bridgehead atoms. The van der Waals surface area contributed by atoms with Crippen molar-refractivity contribution in [3.05, 3.63) is 46.6 Å². The van der Waals surface area contributed by atoms with Gasteiger partial charge in [0.05, 0.1) is 12.2 Å². The van der Waals surface area contributed by atoms with Crippen molar-refractivity contribution in [3.8, 4) is 0 Å². The zero-order valence-corrected chi connectivity index (χ0v) is 11.5. The number of nitrogen functional groups attached to an aromatic ring is 1. The Bertz CT molecular complexity index is 596. The van der Waals surface area contributed by atoms with Crippen LogP contribution in [0.25, 0.3) is 0 Å². The summed E-state index contributed by atoms with van der Waals surface area (Å²) >= 11 is 6.14. The fourth-order valence-electron chi connectivity index (χ4n) is 1.85. The van der Waals surface area contributed by atoms with E-state index in [1.807, 2.05) is 25.1 Å². The van der Waals surface area contributed by atoms with E-state index in [0.29, 0.717) is 10.6 Å². The van der Waals surface area contributed by atoms with Gasteiger partial charge in [0.2, 0.25) is 0 Å². The average molecular weight is 279 g/mol. The van der Waals surface area contributed by atoms with Gasteiger partial charge in [0, 0.05) is 12.1 Å². The molecule has 100 valence electrons. The molecular weight excluding hydrogens is 264 g/mol. The highest BCUT2D eigenvalue weighted by Gasteiger charge is 2.22. The molecule has 0 saturated heterocycles. The first-order valence-electron chi connectivity index (χ1n) is 5.82. The maximum Gasteiger partial charge on any atom is 0.259 e. The molecule has 0 saturated carbocycles. The number of aromatic amines is 1. The highest BCUT2D eigenvalue weighted by Crippen LogP contribution is 2.27. The first kappa shape index (κ1) is 13.4. The van der Waals surface area contributed by atoms with Gasteiger partial charge in [0.25, 0.3) is 5.91 Å². The number of benzene rings is 1. The van der Waals surface area contributed by atoms with E-state index in [4.69, 9.17) is 17.3 Å². The Morgan fingerprint density at radius 3 is 2.74 bits per heavy atom. The zero-order valence-electron chi connectivity index (χ0n) is 10.7. The molecule has 0 spiro atoms. The smallest absolute Gasteiger partial charge is 0.259 e. The number of H-pyrrole nitrogens is 1. The summed E-state index contributed by atoms with van der Waals surface area (Å²) in [6.45, 7) is 1.91. The molecule has 1 unspecified atom stereocenters. The molecule has 0 aliphatic carbocycles. The van der Waals surface area contributed by atoms with E-state index < -0.39 is 0 Å². The predicted octanol–water partition coefficient (Wildman–Crippen LogP) is 2.48. The minimum Gasteiger partial charge on any atom is -0.383 e. The van der Waals surface area contributed by atoms with Crippen LogP contribution in [0.5, 0.6) is 0 Å². The van der Waals surface area contributed by atoms with Gasteiger partial charge in [-0.1, -0.05) is 29.8 Å². The second-order valence-electron chi connectivity index (χ2n) is 4.31. The van der Waals surface area contributed by atoms with E-state index in [1.54, 1.807) is 18.0 Å². The van der Waals surface area contributed by atoms with Crippen molar-refractivity contribution in [2.75, 3.05) is 12.8 Å². The molecule has 19 heavy (non-hydrogen) atoms. The molecule has 3 N–H and O–H groups in total.